The minimum Gasteiger partial charge on any atom is -0.493 e. The first-order chi connectivity index (χ1) is 18.1. The van der Waals surface area contributed by atoms with Crippen molar-refractivity contribution in [1.29, 1.82) is 0 Å². The number of rotatable bonds is 9. The fourth-order valence-corrected chi connectivity index (χ4v) is 4.09. The summed E-state index contributed by atoms with van der Waals surface area (Å²) in [5.41, 5.74) is 7.52. The average molecular weight is 581 g/mol. The summed E-state index contributed by atoms with van der Waals surface area (Å²) >= 11 is 3.42. The molecule has 0 atom stereocenters. The van der Waals surface area contributed by atoms with Crippen LogP contribution < -0.4 is 25.5 Å². The molecule has 3 rings (SSSR count). The second kappa shape index (κ2) is 13.4. The molecule has 0 saturated heterocycles. The lowest BCUT2D eigenvalue weighted by Crippen LogP contribution is -2.37. The zero-order valence-corrected chi connectivity index (χ0v) is 23.1. The number of hydrogen-bond donors (Lipinski definition) is 3. The van der Waals surface area contributed by atoms with Crippen LogP contribution in [0.1, 0.15) is 27.8 Å². The van der Waals surface area contributed by atoms with Gasteiger partial charge in [0.05, 0.1) is 17.8 Å². The second-order valence-corrected chi connectivity index (χ2v) is 9.47. The van der Waals surface area contributed by atoms with Gasteiger partial charge in [0.25, 0.3) is 5.91 Å². The highest BCUT2D eigenvalue weighted by Gasteiger charge is 2.15. The Hall–Kier alpha value is -4.18. The molecule has 0 aliphatic rings. The first-order valence-electron chi connectivity index (χ1n) is 11.7. The minimum absolute atomic E-state index is 0.227. The van der Waals surface area contributed by atoms with E-state index in [1.54, 1.807) is 12.1 Å². The summed E-state index contributed by atoms with van der Waals surface area (Å²) in [6.45, 7) is 5.88. The lowest BCUT2D eigenvalue weighted by molar-refractivity contribution is -0.139. The first kappa shape index (κ1) is 28.4. The number of methoxy groups -OCH3 is 1. The summed E-state index contributed by atoms with van der Waals surface area (Å²) in [6, 6.07) is 16.7. The monoisotopic (exact) mass is 580 g/mol. The molecule has 3 aromatic carbocycles. The summed E-state index contributed by atoms with van der Waals surface area (Å²) < 4.78 is 11.6. The SMILES string of the molecule is COc1cc(/C=N\NC(=O)C(=O)NCc2ccc(C)cc2)cc(Br)c1OCC(=O)Nc1cc(C)cc(C)c1. The van der Waals surface area contributed by atoms with Gasteiger partial charge in [0.15, 0.2) is 18.1 Å². The summed E-state index contributed by atoms with van der Waals surface area (Å²) in [7, 11) is 1.46. The van der Waals surface area contributed by atoms with Crippen LogP contribution >= 0.6 is 15.9 Å². The van der Waals surface area contributed by atoms with E-state index in [0.717, 1.165) is 22.3 Å². The number of amides is 3. The van der Waals surface area contributed by atoms with Crippen LogP contribution in [0.15, 0.2) is 64.2 Å². The van der Waals surface area contributed by atoms with Gasteiger partial charge in [-0.1, -0.05) is 35.9 Å². The highest BCUT2D eigenvalue weighted by atomic mass is 79.9. The van der Waals surface area contributed by atoms with Gasteiger partial charge in [-0.25, -0.2) is 5.43 Å². The van der Waals surface area contributed by atoms with Crippen molar-refractivity contribution in [2.75, 3.05) is 19.0 Å². The smallest absolute Gasteiger partial charge is 0.329 e. The number of anilines is 1. The molecule has 9 nitrogen and oxygen atoms in total. The summed E-state index contributed by atoms with van der Waals surface area (Å²) in [4.78, 5) is 36.5. The Labute approximate surface area is 229 Å². The Morgan fingerprint density at radius 3 is 2.26 bits per heavy atom. The number of hydrogen-bond acceptors (Lipinski definition) is 6. The van der Waals surface area contributed by atoms with Crippen LogP contribution in [0.5, 0.6) is 11.5 Å². The Kier molecular flexibility index (Phi) is 10.0. The van der Waals surface area contributed by atoms with E-state index in [1.165, 1.54) is 13.3 Å². The maximum Gasteiger partial charge on any atom is 0.329 e. The molecule has 3 aromatic rings. The molecule has 0 aliphatic heterocycles. The normalized spacial score (nSPS) is 10.7. The third-order valence-electron chi connectivity index (χ3n) is 5.26. The van der Waals surface area contributed by atoms with Crippen molar-refractivity contribution in [1.82, 2.24) is 10.7 Å². The molecular weight excluding hydrogens is 552 g/mol. The van der Waals surface area contributed by atoms with Crippen LogP contribution in [0.4, 0.5) is 5.69 Å². The van der Waals surface area contributed by atoms with Crippen LogP contribution in [0.2, 0.25) is 0 Å². The summed E-state index contributed by atoms with van der Waals surface area (Å²) in [6.07, 6.45) is 1.36. The number of benzene rings is 3. The van der Waals surface area contributed by atoms with Crippen molar-refractivity contribution in [3.05, 3.63) is 86.9 Å². The van der Waals surface area contributed by atoms with E-state index < -0.39 is 11.8 Å². The highest BCUT2D eigenvalue weighted by molar-refractivity contribution is 9.10. The van der Waals surface area contributed by atoms with E-state index in [0.29, 0.717) is 27.2 Å². The first-order valence-corrected chi connectivity index (χ1v) is 12.5. The molecule has 0 saturated carbocycles. The second-order valence-electron chi connectivity index (χ2n) is 8.61. The number of carbonyl (C=O) groups excluding carboxylic acids is 3. The molecule has 3 N–H and O–H groups in total. The number of nitrogens with zero attached hydrogens (tertiary/aromatic N) is 1. The number of halogens is 1. The molecule has 0 unspecified atom stereocenters. The molecule has 0 bridgehead atoms. The molecule has 198 valence electrons. The molecule has 0 heterocycles. The predicted octanol–water partition coefficient (Wildman–Crippen LogP) is 4.17. The number of carbonyl (C=O) groups is 3. The van der Waals surface area contributed by atoms with E-state index in [1.807, 2.05) is 63.2 Å². The summed E-state index contributed by atoms with van der Waals surface area (Å²) in [5.74, 6) is -1.33. The fraction of sp³-hybridized carbons (Fsp3) is 0.214. The lowest BCUT2D eigenvalue weighted by atomic mass is 10.1. The molecule has 0 fully saturated rings. The number of ether oxygens (including phenoxy) is 2. The van der Waals surface area contributed by atoms with E-state index in [9.17, 15) is 14.4 Å². The van der Waals surface area contributed by atoms with Crippen LogP contribution in [-0.2, 0) is 20.9 Å². The van der Waals surface area contributed by atoms with E-state index in [2.05, 4.69) is 37.1 Å². The molecule has 10 heteroatoms. The Bertz CT molecular complexity index is 1340. The maximum absolute atomic E-state index is 12.4. The van der Waals surface area contributed by atoms with Gasteiger partial charge in [-0.2, -0.15) is 5.10 Å². The quantitative estimate of drug-likeness (QED) is 0.199. The third-order valence-corrected chi connectivity index (χ3v) is 5.85. The Balaban J connectivity index is 1.55. The van der Waals surface area contributed by atoms with Gasteiger partial charge in [-0.3, -0.25) is 14.4 Å². The van der Waals surface area contributed by atoms with E-state index in [-0.39, 0.29) is 19.1 Å². The van der Waals surface area contributed by atoms with Crippen molar-refractivity contribution in [3.8, 4) is 11.5 Å². The van der Waals surface area contributed by atoms with Gasteiger partial charge in [0, 0.05) is 12.2 Å². The number of aryl methyl sites for hydroxylation is 3. The molecule has 0 aromatic heterocycles. The number of hydrazone groups is 1. The lowest BCUT2D eigenvalue weighted by Gasteiger charge is -2.14. The van der Waals surface area contributed by atoms with Crippen molar-refractivity contribution in [2.45, 2.75) is 27.3 Å². The Morgan fingerprint density at radius 2 is 1.61 bits per heavy atom. The molecule has 3 amide bonds. The molecule has 38 heavy (non-hydrogen) atoms. The van der Waals surface area contributed by atoms with Crippen molar-refractivity contribution in [3.63, 3.8) is 0 Å². The zero-order chi connectivity index (χ0) is 27.7. The van der Waals surface area contributed by atoms with E-state index in [4.69, 9.17) is 9.47 Å². The van der Waals surface area contributed by atoms with Crippen LogP contribution in [0, 0.1) is 20.8 Å². The van der Waals surface area contributed by atoms with E-state index >= 15 is 0 Å². The topological polar surface area (TPSA) is 118 Å². The van der Waals surface area contributed by atoms with Crippen LogP contribution in [-0.4, -0.2) is 37.7 Å². The standard InChI is InChI=1S/C28H29BrN4O5/c1-17-5-7-20(8-6-17)14-30-27(35)28(36)33-31-15-21-12-23(29)26(24(13-21)37-4)38-16-25(34)32-22-10-18(2)9-19(3)11-22/h5-13,15H,14,16H2,1-4H3,(H,30,35)(H,32,34)(H,33,36)/b31-15-. The largest absolute Gasteiger partial charge is 0.493 e. The zero-order valence-electron chi connectivity index (χ0n) is 21.6. The average Bonchev–Trinajstić information content (AvgIpc) is 2.86. The van der Waals surface area contributed by atoms with Gasteiger partial charge < -0.3 is 20.1 Å². The minimum atomic E-state index is -0.894. The third kappa shape index (κ3) is 8.45. The summed E-state index contributed by atoms with van der Waals surface area (Å²) in [5, 5.41) is 9.20. The van der Waals surface area contributed by atoms with Gasteiger partial charge in [-0.05, 0) is 83.2 Å². The Morgan fingerprint density at radius 1 is 0.921 bits per heavy atom. The van der Waals surface area contributed by atoms with Gasteiger partial charge in [0.2, 0.25) is 0 Å². The molecular formula is C28H29BrN4O5. The van der Waals surface area contributed by atoms with Gasteiger partial charge in [0.1, 0.15) is 0 Å². The highest BCUT2D eigenvalue weighted by Crippen LogP contribution is 2.36. The van der Waals surface area contributed by atoms with Crippen molar-refractivity contribution in [2.24, 2.45) is 5.10 Å². The van der Waals surface area contributed by atoms with Crippen LogP contribution in [0.3, 0.4) is 0 Å². The van der Waals surface area contributed by atoms with Crippen molar-refractivity contribution >= 4 is 45.6 Å². The van der Waals surface area contributed by atoms with Crippen LogP contribution in [0.25, 0.3) is 0 Å². The number of nitrogens with one attached hydrogen (secondary N) is 3. The molecule has 0 aliphatic carbocycles. The molecule has 0 radical (unpaired) electrons. The fourth-order valence-electron chi connectivity index (χ4n) is 3.52. The van der Waals surface area contributed by atoms with Crippen molar-refractivity contribution < 1.29 is 23.9 Å². The maximum atomic E-state index is 12.4. The van der Waals surface area contributed by atoms with Gasteiger partial charge >= 0.3 is 11.8 Å². The molecule has 0 spiro atoms. The van der Waals surface area contributed by atoms with Gasteiger partial charge in [-0.15, -0.1) is 0 Å². The predicted molar refractivity (Wildman–Crippen MR) is 149 cm³/mol.